The molecule has 22 heavy (non-hydrogen) atoms. The molecule has 0 spiro atoms. The van der Waals surface area contributed by atoms with E-state index in [1.54, 1.807) is 13.0 Å². The first kappa shape index (κ1) is 14.3. The molecule has 110 valence electrons. The summed E-state index contributed by atoms with van der Waals surface area (Å²) in [6.07, 6.45) is 2.77. The molecule has 0 aliphatic rings. The van der Waals surface area contributed by atoms with E-state index in [2.05, 4.69) is 15.1 Å². The Kier molecular flexibility index (Phi) is 3.88. The number of benzene rings is 1. The molecule has 1 N–H and O–H groups in total. The van der Waals surface area contributed by atoms with Crippen LogP contribution < -0.4 is 0 Å². The molecule has 0 unspecified atom stereocenters. The Balaban J connectivity index is 1.93. The van der Waals surface area contributed by atoms with E-state index in [0.29, 0.717) is 11.5 Å². The van der Waals surface area contributed by atoms with Gasteiger partial charge in [0.05, 0.1) is 11.9 Å². The van der Waals surface area contributed by atoms with Crippen molar-refractivity contribution < 1.29 is 9.90 Å². The summed E-state index contributed by atoms with van der Waals surface area (Å²) in [5.74, 6) is -0.463. The summed E-state index contributed by atoms with van der Waals surface area (Å²) >= 11 is 1.51. The van der Waals surface area contributed by atoms with Gasteiger partial charge in [0.25, 0.3) is 0 Å². The van der Waals surface area contributed by atoms with E-state index in [4.69, 9.17) is 5.11 Å². The maximum atomic E-state index is 11.1. The molecule has 0 aliphatic heterocycles. The van der Waals surface area contributed by atoms with Crippen LogP contribution in [0.5, 0.6) is 0 Å². The largest absolute Gasteiger partial charge is 0.478 e. The Morgan fingerprint density at radius 1 is 1.23 bits per heavy atom. The molecule has 0 amide bonds. The summed E-state index contributed by atoms with van der Waals surface area (Å²) in [5, 5.41) is 13.9. The van der Waals surface area contributed by atoms with Crippen LogP contribution in [0.4, 0.5) is 0 Å². The fourth-order valence-corrected chi connectivity index (χ4v) is 2.76. The number of rotatable bonds is 4. The molecule has 3 aromatic rings. The smallest absolute Gasteiger partial charge is 0.339 e. The van der Waals surface area contributed by atoms with E-state index >= 15 is 0 Å². The summed E-state index contributed by atoms with van der Waals surface area (Å²) in [4.78, 5) is 20.5. The summed E-state index contributed by atoms with van der Waals surface area (Å²) in [7, 11) is 0. The zero-order valence-corrected chi connectivity index (χ0v) is 12.5. The molecule has 0 fully saturated rings. The standard InChI is InChI=1S/C15H12N4O2S/c1-10-12(15(20)21)8-18-19(10)13-7-14(17-9-16-13)22-11-5-3-2-4-6-11/h2-9H,1H3,(H,20,21). The predicted molar refractivity (Wildman–Crippen MR) is 81.4 cm³/mol. The van der Waals surface area contributed by atoms with E-state index in [9.17, 15) is 4.79 Å². The fraction of sp³-hybridized carbons (Fsp3) is 0.0667. The minimum atomic E-state index is -1.00. The second-order valence-electron chi connectivity index (χ2n) is 4.49. The third kappa shape index (κ3) is 2.84. The summed E-state index contributed by atoms with van der Waals surface area (Å²) in [6, 6.07) is 11.6. The van der Waals surface area contributed by atoms with E-state index in [1.165, 1.54) is 29.0 Å². The van der Waals surface area contributed by atoms with Gasteiger partial charge in [-0.3, -0.25) is 0 Å². The van der Waals surface area contributed by atoms with Crippen molar-refractivity contribution >= 4 is 17.7 Å². The van der Waals surface area contributed by atoms with Gasteiger partial charge in [-0.15, -0.1) is 0 Å². The molecule has 0 saturated heterocycles. The van der Waals surface area contributed by atoms with Crippen molar-refractivity contribution in [3.8, 4) is 5.82 Å². The van der Waals surface area contributed by atoms with Gasteiger partial charge in [-0.05, 0) is 19.1 Å². The molecule has 7 heteroatoms. The van der Waals surface area contributed by atoms with Gasteiger partial charge >= 0.3 is 5.97 Å². The maximum absolute atomic E-state index is 11.1. The minimum absolute atomic E-state index is 0.163. The monoisotopic (exact) mass is 312 g/mol. The Morgan fingerprint density at radius 3 is 2.68 bits per heavy atom. The molecular weight excluding hydrogens is 300 g/mol. The zero-order valence-electron chi connectivity index (χ0n) is 11.7. The van der Waals surface area contributed by atoms with Crippen LogP contribution in [0, 0.1) is 6.92 Å². The Hall–Kier alpha value is -2.67. The second kappa shape index (κ2) is 5.98. The second-order valence-corrected chi connectivity index (χ2v) is 5.58. The number of aromatic nitrogens is 4. The van der Waals surface area contributed by atoms with Crippen molar-refractivity contribution in [2.24, 2.45) is 0 Å². The van der Waals surface area contributed by atoms with Crippen LogP contribution in [0.2, 0.25) is 0 Å². The van der Waals surface area contributed by atoms with Crippen molar-refractivity contribution in [1.82, 2.24) is 19.7 Å². The molecule has 0 atom stereocenters. The highest BCUT2D eigenvalue weighted by Gasteiger charge is 2.15. The Labute approximate surface area is 130 Å². The lowest BCUT2D eigenvalue weighted by Crippen LogP contribution is -2.04. The van der Waals surface area contributed by atoms with Gasteiger partial charge in [-0.25, -0.2) is 19.4 Å². The van der Waals surface area contributed by atoms with E-state index < -0.39 is 5.97 Å². The van der Waals surface area contributed by atoms with Crippen molar-refractivity contribution in [3.63, 3.8) is 0 Å². The number of hydrogen-bond donors (Lipinski definition) is 1. The van der Waals surface area contributed by atoms with Crippen LogP contribution >= 0.6 is 11.8 Å². The number of hydrogen-bond acceptors (Lipinski definition) is 5. The number of carboxylic acid groups (broad SMARTS) is 1. The minimum Gasteiger partial charge on any atom is -0.478 e. The normalized spacial score (nSPS) is 10.6. The summed E-state index contributed by atoms with van der Waals surface area (Å²) in [5.41, 5.74) is 0.692. The molecule has 6 nitrogen and oxygen atoms in total. The Bertz CT molecular complexity index is 817. The molecule has 2 aromatic heterocycles. The van der Waals surface area contributed by atoms with E-state index in [-0.39, 0.29) is 5.56 Å². The van der Waals surface area contributed by atoms with Gasteiger partial charge in [0.15, 0.2) is 5.82 Å². The average molecular weight is 312 g/mol. The third-order valence-electron chi connectivity index (χ3n) is 3.05. The van der Waals surface area contributed by atoms with Crippen molar-refractivity contribution in [2.75, 3.05) is 0 Å². The first-order valence-corrected chi connectivity index (χ1v) is 7.30. The fourth-order valence-electron chi connectivity index (χ4n) is 1.96. The average Bonchev–Trinajstić information content (AvgIpc) is 2.90. The number of nitrogens with zero attached hydrogens (tertiary/aromatic N) is 4. The van der Waals surface area contributed by atoms with Crippen LogP contribution in [0.25, 0.3) is 5.82 Å². The quantitative estimate of drug-likeness (QED) is 0.746. The molecule has 0 aliphatic carbocycles. The topological polar surface area (TPSA) is 80.9 Å². The molecule has 3 rings (SSSR count). The number of aromatic carboxylic acids is 1. The number of carbonyl (C=O) groups is 1. The summed E-state index contributed by atoms with van der Waals surface area (Å²) in [6.45, 7) is 1.70. The summed E-state index contributed by atoms with van der Waals surface area (Å²) < 4.78 is 1.50. The van der Waals surface area contributed by atoms with Gasteiger partial charge < -0.3 is 5.11 Å². The Morgan fingerprint density at radius 2 is 2.00 bits per heavy atom. The first-order chi connectivity index (χ1) is 10.6. The molecule has 0 radical (unpaired) electrons. The lowest BCUT2D eigenvalue weighted by Gasteiger charge is -2.05. The van der Waals surface area contributed by atoms with Gasteiger partial charge in [0.1, 0.15) is 16.9 Å². The zero-order chi connectivity index (χ0) is 15.5. The van der Waals surface area contributed by atoms with E-state index in [1.807, 2.05) is 30.3 Å². The number of carboxylic acids is 1. The highest BCUT2D eigenvalue weighted by atomic mass is 32.2. The lowest BCUT2D eigenvalue weighted by molar-refractivity contribution is 0.0696. The van der Waals surface area contributed by atoms with E-state index in [0.717, 1.165) is 9.92 Å². The molecule has 2 heterocycles. The van der Waals surface area contributed by atoms with Crippen LogP contribution in [-0.4, -0.2) is 30.8 Å². The van der Waals surface area contributed by atoms with Gasteiger partial charge in [-0.1, -0.05) is 30.0 Å². The first-order valence-electron chi connectivity index (χ1n) is 6.48. The van der Waals surface area contributed by atoms with Gasteiger partial charge in [0, 0.05) is 11.0 Å². The van der Waals surface area contributed by atoms with Crippen LogP contribution in [-0.2, 0) is 0 Å². The van der Waals surface area contributed by atoms with Crippen LogP contribution in [0.1, 0.15) is 16.1 Å². The molecule has 1 aromatic carbocycles. The predicted octanol–water partition coefficient (Wildman–Crippen LogP) is 2.82. The molecule has 0 saturated carbocycles. The SMILES string of the molecule is Cc1c(C(=O)O)cnn1-c1cc(Sc2ccccc2)ncn1. The van der Waals surface area contributed by atoms with Gasteiger partial charge in [-0.2, -0.15) is 5.10 Å². The van der Waals surface area contributed by atoms with Gasteiger partial charge in [0.2, 0.25) is 0 Å². The molecule has 0 bridgehead atoms. The van der Waals surface area contributed by atoms with Crippen LogP contribution in [0.15, 0.2) is 58.8 Å². The lowest BCUT2D eigenvalue weighted by atomic mass is 10.3. The van der Waals surface area contributed by atoms with Crippen molar-refractivity contribution in [2.45, 2.75) is 16.8 Å². The molecular formula is C15H12N4O2S. The van der Waals surface area contributed by atoms with Crippen molar-refractivity contribution in [1.29, 1.82) is 0 Å². The maximum Gasteiger partial charge on any atom is 0.339 e. The third-order valence-corrected chi connectivity index (χ3v) is 3.99. The highest BCUT2D eigenvalue weighted by molar-refractivity contribution is 7.99. The highest BCUT2D eigenvalue weighted by Crippen LogP contribution is 2.26. The van der Waals surface area contributed by atoms with Crippen LogP contribution in [0.3, 0.4) is 0 Å². The van der Waals surface area contributed by atoms with Crippen molar-refractivity contribution in [3.05, 3.63) is 60.2 Å².